The third-order valence-corrected chi connectivity index (χ3v) is 2.49. The van der Waals surface area contributed by atoms with Crippen LogP contribution in [-0.2, 0) is 0 Å². The third kappa shape index (κ3) is 3.28. The summed E-state index contributed by atoms with van der Waals surface area (Å²) in [5, 5.41) is 8.68. The van der Waals surface area contributed by atoms with E-state index in [-0.39, 0.29) is 11.8 Å². The van der Waals surface area contributed by atoms with Crippen molar-refractivity contribution in [1.82, 2.24) is 4.90 Å². The summed E-state index contributed by atoms with van der Waals surface area (Å²) in [7, 11) is 1.70. The molecule has 84 valence electrons. The van der Waals surface area contributed by atoms with Crippen molar-refractivity contribution in [1.29, 1.82) is 5.26 Å². The average molecular weight is 234 g/mol. The molecule has 3 nitrogen and oxygen atoms in total. The molecule has 0 saturated carbocycles. The van der Waals surface area contributed by atoms with Gasteiger partial charge in [0.05, 0.1) is 12.0 Å². The number of carbonyl (C=O) groups is 1. The molecule has 0 heterocycles. The lowest BCUT2D eigenvalue weighted by atomic mass is 10.1. The number of carbonyl (C=O) groups excluding carboxylic acids is 1. The van der Waals surface area contributed by atoms with Gasteiger partial charge in [0.1, 0.15) is 0 Å². The van der Waals surface area contributed by atoms with Gasteiger partial charge in [-0.05, 0) is 25.1 Å². The van der Waals surface area contributed by atoms with Crippen LogP contribution in [0.1, 0.15) is 17.3 Å². The molecule has 0 saturated heterocycles. The number of nitriles is 1. The van der Waals surface area contributed by atoms with Crippen molar-refractivity contribution < 1.29 is 4.79 Å². The minimum Gasteiger partial charge on any atom is -0.340 e. The zero-order valence-electron chi connectivity index (χ0n) is 9.34. The monoisotopic (exact) mass is 234 g/mol. The maximum Gasteiger partial charge on any atom is 0.253 e. The van der Waals surface area contributed by atoms with E-state index in [0.717, 1.165) is 4.90 Å². The van der Waals surface area contributed by atoms with Gasteiger partial charge in [0.2, 0.25) is 0 Å². The molecule has 0 aliphatic heterocycles. The highest BCUT2D eigenvalue weighted by Gasteiger charge is 2.13. The second kappa shape index (κ2) is 5.57. The van der Waals surface area contributed by atoms with Crippen molar-refractivity contribution in [2.45, 2.75) is 11.8 Å². The third-order valence-electron chi connectivity index (χ3n) is 2.21. The lowest BCUT2D eigenvalue weighted by Gasteiger charge is -2.18. The fourth-order valence-electron chi connectivity index (χ4n) is 1.39. The van der Waals surface area contributed by atoms with Gasteiger partial charge < -0.3 is 4.90 Å². The van der Waals surface area contributed by atoms with E-state index in [4.69, 9.17) is 5.26 Å². The number of benzene rings is 1. The Morgan fingerprint density at radius 1 is 1.62 bits per heavy atom. The Hall–Kier alpha value is -1.47. The summed E-state index contributed by atoms with van der Waals surface area (Å²) in [6.07, 6.45) is 0. The number of rotatable bonds is 3. The summed E-state index contributed by atoms with van der Waals surface area (Å²) in [4.78, 5) is 14.2. The number of hydrogen-bond donors (Lipinski definition) is 1. The molecule has 0 bridgehead atoms. The smallest absolute Gasteiger partial charge is 0.253 e. The van der Waals surface area contributed by atoms with Crippen LogP contribution in [-0.4, -0.2) is 24.4 Å². The first-order valence-corrected chi connectivity index (χ1v) is 5.43. The number of amides is 1. The molecule has 0 N–H and O–H groups in total. The number of thiol groups is 1. The van der Waals surface area contributed by atoms with Crippen LogP contribution < -0.4 is 0 Å². The van der Waals surface area contributed by atoms with E-state index in [1.165, 1.54) is 0 Å². The predicted octanol–water partition coefficient (Wildman–Crippen LogP) is 2.21. The first kappa shape index (κ1) is 12.6. The summed E-state index contributed by atoms with van der Waals surface area (Å²) < 4.78 is 0. The second-order valence-electron chi connectivity index (χ2n) is 3.77. The van der Waals surface area contributed by atoms with Crippen LogP contribution in [0, 0.1) is 17.2 Å². The van der Waals surface area contributed by atoms with Crippen LogP contribution in [0.25, 0.3) is 0 Å². The van der Waals surface area contributed by atoms with E-state index < -0.39 is 0 Å². The van der Waals surface area contributed by atoms with Crippen LogP contribution in [0.4, 0.5) is 0 Å². The summed E-state index contributed by atoms with van der Waals surface area (Å²) >= 11 is 4.18. The predicted molar refractivity (Wildman–Crippen MR) is 65.4 cm³/mol. The lowest BCUT2D eigenvalue weighted by molar-refractivity contribution is 0.0785. The first-order valence-electron chi connectivity index (χ1n) is 4.98. The molecule has 1 rings (SSSR count). The SMILES string of the molecule is CC(C#N)CN(C)C(=O)c1cccc(S)c1. The molecule has 1 aromatic rings. The summed E-state index contributed by atoms with van der Waals surface area (Å²) in [6.45, 7) is 2.23. The zero-order valence-corrected chi connectivity index (χ0v) is 10.2. The molecule has 0 aromatic heterocycles. The topological polar surface area (TPSA) is 44.1 Å². The largest absolute Gasteiger partial charge is 0.340 e. The Morgan fingerprint density at radius 3 is 2.88 bits per heavy atom. The Kier molecular flexibility index (Phi) is 4.39. The molecule has 1 atom stereocenters. The Balaban J connectivity index is 2.75. The lowest BCUT2D eigenvalue weighted by Crippen LogP contribution is -2.30. The fourth-order valence-corrected chi connectivity index (χ4v) is 1.62. The molecule has 0 spiro atoms. The fraction of sp³-hybridized carbons (Fsp3) is 0.333. The van der Waals surface area contributed by atoms with Gasteiger partial charge in [-0.15, -0.1) is 12.6 Å². The van der Waals surface area contributed by atoms with Gasteiger partial charge in [-0.2, -0.15) is 5.26 Å². The standard InChI is InChI=1S/C12H14N2OS/c1-9(7-13)8-14(2)12(15)10-4-3-5-11(16)6-10/h3-6,9,16H,8H2,1-2H3. The molecule has 16 heavy (non-hydrogen) atoms. The second-order valence-corrected chi connectivity index (χ2v) is 4.28. The molecule has 0 radical (unpaired) electrons. The van der Waals surface area contributed by atoms with Gasteiger partial charge in [0, 0.05) is 24.1 Å². The van der Waals surface area contributed by atoms with E-state index >= 15 is 0 Å². The summed E-state index contributed by atoms with van der Waals surface area (Å²) in [5.41, 5.74) is 0.597. The first-order chi connectivity index (χ1) is 7.54. The van der Waals surface area contributed by atoms with Gasteiger partial charge in [-0.3, -0.25) is 4.79 Å². The maximum absolute atomic E-state index is 11.9. The molecular formula is C12H14N2OS. The van der Waals surface area contributed by atoms with Crippen molar-refractivity contribution >= 4 is 18.5 Å². The maximum atomic E-state index is 11.9. The van der Waals surface area contributed by atoms with Crippen molar-refractivity contribution in [3.63, 3.8) is 0 Å². The highest BCUT2D eigenvalue weighted by atomic mass is 32.1. The van der Waals surface area contributed by atoms with E-state index in [1.807, 2.05) is 6.07 Å². The highest BCUT2D eigenvalue weighted by Crippen LogP contribution is 2.11. The zero-order chi connectivity index (χ0) is 12.1. The van der Waals surface area contributed by atoms with E-state index in [1.54, 1.807) is 37.1 Å². The van der Waals surface area contributed by atoms with E-state index in [2.05, 4.69) is 18.7 Å². The Morgan fingerprint density at radius 2 is 2.31 bits per heavy atom. The summed E-state index contributed by atoms with van der Waals surface area (Å²) in [5.74, 6) is -0.244. The van der Waals surface area contributed by atoms with Gasteiger partial charge >= 0.3 is 0 Å². The van der Waals surface area contributed by atoms with Crippen LogP contribution in [0.5, 0.6) is 0 Å². The quantitative estimate of drug-likeness (QED) is 0.815. The normalized spacial score (nSPS) is 11.6. The molecule has 0 aliphatic carbocycles. The molecule has 0 aliphatic rings. The number of hydrogen-bond acceptors (Lipinski definition) is 3. The highest BCUT2D eigenvalue weighted by molar-refractivity contribution is 7.80. The Bertz CT molecular complexity index is 425. The molecule has 1 aromatic carbocycles. The molecular weight excluding hydrogens is 220 g/mol. The van der Waals surface area contributed by atoms with Crippen LogP contribution in [0.15, 0.2) is 29.2 Å². The van der Waals surface area contributed by atoms with Crippen molar-refractivity contribution in [3.05, 3.63) is 29.8 Å². The summed E-state index contributed by atoms with van der Waals surface area (Å²) in [6, 6.07) is 9.18. The molecule has 1 amide bonds. The van der Waals surface area contributed by atoms with Crippen molar-refractivity contribution in [2.24, 2.45) is 5.92 Å². The average Bonchev–Trinajstić information content (AvgIpc) is 2.27. The molecule has 1 unspecified atom stereocenters. The van der Waals surface area contributed by atoms with Crippen LogP contribution in [0.2, 0.25) is 0 Å². The van der Waals surface area contributed by atoms with Crippen molar-refractivity contribution in [2.75, 3.05) is 13.6 Å². The van der Waals surface area contributed by atoms with E-state index in [0.29, 0.717) is 12.1 Å². The van der Waals surface area contributed by atoms with Gasteiger partial charge in [0.15, 0.2) is 0 Å². The Labute approximate surface area is 101 Å². The van der Waals surface area contributed by atoms with Crippen molar-refractivity contribution in [3.8, 4) is 6.07 Å². The van der Waals surface area contributed by atoms with Gasteiger partial charge in [-0.25, -0.2) is 0 Å². The van der Waals surface area contributed by atoms with Gasteiger partial charge in [-0.1, -0.05) is 6.07 Å². The van der Waals surface area contributed by atoms with Gasteiger partial charge in [0.25, 0.3) is 5.91 Å². The minimum atomic E-state index is -0.159. The van der Waals surface area contributed by atoms with Crippen LogP contribution >= 0.6 is 12.6 Å². The molecule has 4 heteroatoms. The molecule has 0 fully saturated rings. The number of nitrogens with zero attached hydrogens (tertiary/aromatic N) is 2. The van der Waals surface area contributed by atoms with Crippen LogP contribution in [0.3, 0.4) is 0 Å². The van der Waals surface area contributed by atoms with E-state index in [9.17, 15) is 4.79 Å². The minimum absolute atomic E-state index is 0.0852.